The zero-order valence-corrected chi connectivity index (χ0v) is 36.0. The topological polar surface area (TPSA) is 14.8 Å². The molecule has 0 aliphatic carbocycles. The van der Waals surface area contributed by atoms with Crippen LogP contribution in [-0.2, 0) is 0 Å². The standard InChI is InChI=1S/C60H41N3Si/c1-4-21-42(22-5-1)61-57-36-19-14-31-52(57)60-58(61)37-20-38-59(60)64(45-23-6-2-7-24-45,46-25-8-3-9-26-46)47-40-43(62-53-32-15-10-27-48(53)49-28-11-16-33-54(49)62)39-44(41-47)63-55-34-17-12-29-50(55)51-30-13-18-35-56(51)63/h1-41H. The molecule has 0 unspecified atom stereocenters. The van der Waals surface area contributed by atoms with E-state index in [0.717, 1.165) is 17.1 Å². The van der Waals surface area contributed by atoms with Gasteiger partial charge in [0.2, 0.25) is 0 Å². The molecule has 0 atom stereocenters. The van der Waals surface area contributed by atoms with Gasteiger partial charge in [-0.25, -0.2) is 0 Å². The Balaban J connectivity index is 1.25. The molecule has 13 aromatic rings. The van der Waals surface area contributed by atoms with Crippen molar-refractivity contribution in [3.8, 4) is 17.1 Å². The van der Waals surface area contributed by atoms with Crippen molar-refractivity contribution in [2.24, 2.45) is 0 Å². The van der Waals surface area contributed by atoms with Crippen molar-refractivity contribution in [1.82, 2.24) is 13.7 Å². The summed E-state index contributed by atoms with van der Waals surface area (Å²) in [5.74, 6) is 0. The van der Waals surface area contributed by atoms with E-state index in [2.05, 4.69) is 262 Å². The van der Waals surface area contributed by atoms with E-state index in [0.29, 0.717) is 0 Å². The van der Waals surface area contributed by atoms with Gasteiger partial charge < -0.3 is 13.7 Å². The Kier molecular flexibility index (Phi) is 8.23. The predicted octanol–water partition coefficient (Wildman–Crippen LogP) is 12.4. The lowest BCUT2D eigenvalue weighted by atomic mass is 10.1. The number of para-hydroxylation sites is 6. The third-order valence-corrected chi connectivity index (χ3v) is 18.3. The molecule has 0 saturated heterocycles. The number of fused-ring (bicyclic) bond motifs is 9. The summed E-state index contributed by atoms with van der Waals surface area (Å²) in [5.41, 5.74) is 10.6. The molecule has 13 rings (SSSR count). The first-order valence-electron chi connectivity index (χ1n) is 22.1. The van der Waals surface area contributed by atoms with Crippen molar-refractivity contribution >= 4 is 94.2 Å². The Labute approximate surface area is 372 Å². The Hall–Kier alpha value is -8.18. The van der Waals surface area contributed by atoms with Crippen molar-refractivity contribution in [1.29, 1.82) is 0 Å². The largest absolute Gasteiger partial charge is 0.309 e. The van der Waals surface area contributed by atoms with Gasteiger partial charge in [0.1, 0.15) is 0 Å². The van der Waals surface area contributed by atoms with Crippen LogP contribution < -0.4 is 20.7 Å². The molecule has 0 aliphatic heterocycles. The van der Waals surface area contributed by atoms with Crippen LogP contribution in [0, 0.1) is 0 Å². The monoisotopic (exact) mass is 831 g/mol. The summed E-state index contributed by atoms with van der Waals surface area (Å²) in [6.07, 6.45) is 0. The highest BCUT2D eigenvalue weighted by Gasteiger charge is 2.44. The Morgan fingerprint density at radius 2 is 0.578 bits per heavy atom. The van der Waals surface area contributed by atoms with Gasteiger partial charge in [-0.2, -0.15) is 0 Å². The van der Waals surface area contributed by atoms with Crippen LogP contribution >= 0.6 is 0 Å². The van der Waals surface area contributed by atoms with Gasteiger partial charge in [-0.05, 0) is 87.5 Å². The van der Waals surface area contributed by atoms with E-state index in [4.69, 9.17) is 0 Å². The molecule has 3 heterocycles. The van der Waals surface area contributed by atoms with E-state index < -0.39 is 8.07 Å². The van der Waals surface area contributed by atoms with Crippen LogP contribution in [0.4, 0.5) is 0 Å². The number of benzene rings is 10. The lowest BCUT2D eigenvalue weighted by molar-refractivity contribution is 1.14. The fraction of sp³-hybridized carbons (Fsp3) is 0. The number of hydrogen-bond acceptors (Lipinski definition) is 0. The third kappa shape index (κ3) is 5.27. The van der Waals surface area contributed by atoms with Gasteiger partial charge >= 0.3 is 0 Å². The van der Waals surface area contributed by atoms with Gasteiger partial charge in [-0.15, -0.1) is 0 Å². The van der Waals surface area contributed by atoms with Gasteiger partial charge in [0, 0.05) is 49.4 Å². The molecule has 64 heavy (non-hydrogen) atoms. The molecule has 10 aromatic carbocycles. The fourth-order valence-corrected chi connectivity index (χ4v) is 16.0. The maximum Gasteiger partial charge on any atom is 0.180 e. The minimum absolute atomic E-state index is 1.13. The predicted molar refractivity (Wildman–Crippen MR) is 273 cm³/mol. The zero-order chi connectivity index (χ0) is 42.2. The molecule has 4 heteroatoms. The quantitative estimate of drug-likeness (QED) is 0.112. The fourth-order valence-electron chi connectivity index (χ4n) is 11.0. The molecular formula is C60H41N3Si. The van der Waals surface area contributed by atoms with E-state index in [-0.39, 0.29) is 0 Å². The Morgan fingerprint density at radius 3 is 1.03 bits per heavy atom. The molecule has 0 saturated carbocycles. The van der Waals surface area contributed by atoms with Crippen LogP contribution in [-0.4, -0.2) is 21.8 Å². The molecule has 0 aliphatic rings. The first-order chi connectivity index (χ1) is 31.8. The molecule has 3 nitrogen and oxygen atoms in total. The number of rotatable bonds is 7. The van der Waals surface area contributed by atoms with Gasteiger partial charge in [0.15, 0.2) is 8.07 Å². The second-order valence-electron chi connectivity index (χ2n) is 16.8. The van der Waals surface area contributed by atoms with Gasteiger partial charge in [-0.3, -0.25) is 0 Å². The Bertz CT molecular complexity index is 3620. The van der Waals surface area contributed by atoms with Gasteiger partial charge in [0.05, 0.1) is 33.1 Å². The Morgan fingerprint density at radius 1 is 0.234 bits per heavy atom. The summed E-state index contributed by atoms with van der Waals surface area (Å²) in [6.45, 7) is 0. The summed E-state index contributed by atoms with van der Waals surface area (Å²) in [5, 5.41) is 12.9. The molecule has 3 aromatic heterocycles. The highest BCUT2D eigenvalue weighted by atomic mass is 28.3. The second-order valence-corrected chi connectivity index (χ2v) is 20.6. The zero-order valence-electron chi connectivity index (χ0n) is 35.0. The normalized spacial score (nSPS) is 12.1. The van der Waals surface area contributed by atoms with E-state index in [1.807, 2.05) is 0 Å². The van der Waals surface area contributed by atoms with Crippen LogP contribution in [0.2, 0.25) is 0 Å². The summed E-state index contributed by atoms with van der Waals surface area (Å²) >= 11 is 0. The minimum Gasteiger partial charge on any atom is -0.309 e. The molecule has 0 N–H and O–H groups in total. The number of aromatic nitrogens is 3. The first kappa shape index (κ1) is 36.5. The smallest absolute Gasteiger partial charge is 0.180 e. The van der Waals surface area contributed by atoms with Crippen molar-refractivity contribution in [2.75, 3.05) is 0 Å². The van der Waals surface area contributed by atoms with Crippen molar-refractivity contribution in [3.63, 3.8) is 0 Å². The molecule has 0 fully saturated rings. The SMILES string of the molecule is c1ccc(-n2c3ccccc3c3c([Si](c4ccccc4)(c4ccccc4)c4cc(-n5c6ccccc6c6ccccc65)cc(-n5c6ccccc6c6ccccc65)c4)cccc32)cc1. The average Bonchev–Trinajstić information content (AvgIpc) is 4.01. The van der Waals surface area contributed by atoms with E-state index in [1.54, 1.807) is 0 Å². The lowest BCUT2D eigenvalue weighted by Gasteiger charge is -2.36. The van der Waals surface area contributed by atoms with Crippen LogP contribution in [0.3, 0.4) is 0 Å². The summed E-state index contributed by atoms with van der Waals surface area (Å²) in [7, 11) is -3.27. The van der Waals surface area contributed by atoms with Crippen molar-refractivity contribution in [3.05, 3.63) is 249 Å². The summed E-state index contributed by atoms with van der Waals surface area (Å²) < 4.78 is 7.46. The van der Waals surface area contributed by atoms with Gasteiger partial charge in [-0.1, -0.05) is 182 Å². The number of hydrogen-bond donors (Lipinski definition) is 0. The maximum absolute atomic E-state index is 3.27. The van der Waals surface area contributed by atoms with Crippen LogP contribution in [0.5, 0.6) is 0 Å². The molecule has 300 valence electrons. The number of nitrogens with zero attached hydrogens (tertiary/aromatic N) is 3. The van der Waals surface area contributed by atoms with Crippen LogP contribution in [0.15, 0.2) is 249 Å². The third-order valence-electron chi connectivity index (χ3n) is 13.5. The summed E-state index contributed by atoms with van der Waals surface area (Å²) in [4.78, 5) is 0. The summed E-state index contributed by atoms with van der Waals surface area (Å²) in [6, 6.07) is 92.7. The minimum atomic E-state index is -3.27. The van der Waals surface area contributed by atoms with Crippen LogP contribution in [0.1, 0.15) is 0 Å². The van der Waals surface area contributed by atoms with Crippen LogP contribution in [0.25, 0.3) is 82.5 Å². The molecule has 0 radical (unpaired) electrons. The van der Waals surface area contributed by atoms with E-state index in [9.17, 15) is 0 Å². The van der Waals surface area contributed by atoms with E-state index in [1.165, 1.54) is 86.2 Å². The maximum atomic E-state index is 2.54. The lowest BCUT2D eigenvalue weighted by Crippen LogP contribution is -2.75. The van der Waals surface area contributed by atoms with Gasteiger partial charge in [0.25, 0.3) is 0 Å². The highest BCUT2D eigenvalue weighted by molar-refractivity contribution is 7.21. The molecule has 0 bridgehead atoms. The molecular weight excluding hydrogens is 791 g/mol. The second kappa shape index (κ2) is 14.5. The van der Waals surface area contributed by atoms with Crippen molar-refractivity contribution in [2.45, 2.75) is 0 Å². The van der Waals surface area contributed by atoms with Crippen molar-refractivity contribution < 1.29 is 0 Å². The van der Waals surface area contributed by atoms with E-state index >= 15 is 0 Å². The average molecular weight is 832 g/mol. The first-order valence-corrected chi connectivity index (χ1v) is 24.1. The molecule has 0 amide bonds. The molecule has 0 spiro atoms. The highest BCUT2D eigenvalue weighted by Crippen LogP contribution is 2.37.